The number of aliphatic carboxylic acids is 1. The highest BCUT2D eigenvalue weighted by molar-refractivity contribution is 6.25. The lowest BCUT2D eigenvalue weighted by Gasteiger charge is -2.25. The molecule has 0 saturated carbocycles. The second kappa shape index (κ2) is 8.04. The third kappa shape index (κ3) is 4.49. The molecule has 118 valence electrons. The van der Waals surface area contributed by atoms with E-state index in [1.807, 2.05) is 0 Å². The molecule has 0 aliphatic heterocycles. The Bertz CT molecular complexity index is 604. The molecule has 0 bridgehead atoms. The molecule has 0 aromatic heterocycles. The Balaban J connectivity index is 3.14. The van der Waals surface area contributed by atoms with Crippen molar-refractivity contribution in [2.24, 2.45) is 5.73 Å². The van der Waals surface area contributed by atoms with Gasteiger partial charge < -0.3 is 16.6 Å². The highest BCUT2D eigenvalue weighted by Gasteiger charge is 2.29. The van der Waals surface area contributed by atoms with Crippen LogP contribution >= 0.6 is 11.6 Å². The highest BCUT2D eigenvalue weighted by atomic mass is 35.5. The van der Waals surface area contributed by atoms with E-state index in [-0.39, 0.29) is 24.1 Å². The maximum absolute atomic E-state index is 12.5. The largest absolute Gasteiger partial charge is 0.480 e. The van der Waals surface area contributed by atoms with Gasteiger partial charge >= 0.3 is 5.97 Å². The standard InChI is InChI=1S/C14H16ClN3O4/c15-7-8-18(11(14(21)22)5-6-12(17)19)13(20)9-3-1-2-4-10(9)16/h1-4,7-8,11H,5-6,16H2,(H2,17,19)(H,21,22). The smallest absolute Gasteiger partial charge is 0.326 e. The maximum atomic E-state index is 12.5. The first-order valence-electron chi connectivity index (χ1n) is 6.33. The van der Waals surface area contributed by atoms with Gasteiger partial charge in [0.15, 0.2) is 0 Å². The maximum Gasteiger partial charge on any atom is 0.326 e. The van der Waals surface area contributed by atoms with Crippen molar-refractivity contribution in [3.63, 3.8) is 0 Å². The van der Waals surface area contributed by atoms with E-state index in [4.69, 9.17) is 23.1 Å². The lowest BCUT2D eigenvalue weighted by Crippen LogP contribution is -2.42. The molecule has 0 aliphatic carbocycles. The third-order valence-electron chi connectivity index (χ3n) is 2.93. The van der Waals surface area contributed by atoms with Crippen molar-refractivity contribution in [1.82, 2.24) is 4.90 Å². The molecule has 0 heterocycles. The van der Waals surface area contributed by atoms with Crippen molar-refractivity contribution in [3.8, 4) is 0 Å². The highest BCUT2D eigenvalue weighted by Crippen LogP contribution is 2.18. The first-order valence-corrected chi connectivity index (χ1v) is 6.77. The topological polar surface area (TPSA) is 127 Å². The van der Waals surface area contributed by atoms with Gasteiger partial charge in [-0.15, -0.1) is 0 Å². The van der Waals surface area contributed by atoms with Crippen LogP contribution in [0.1, 0.15) is 23.2 Å². The third-order valence-corrected chi connectivity index (χ3v) is 3.04. The Morgan fingerprint density at radius 2 is 1.95 bits per heavy atom. The van der Waals surface area contributed by atoms with Crippen LogP contribution in [0.15, 0.2) is 36.0 Å². The molecule has 1 aromatic carbocycles. The molecule has 5 N–H and O–H groups in total. The lowest BCUT2D eigenvalue weighted by molar-refractivity contribution is -0.141. The number of anilines is 1. The molecule has 22 heavy (non-hydrogen) atoms. The van der Waals surface area contributed by atoms with E-state index >= 15 is 0 Å². The first kappa shape index (κ1) is 17.5. The second-order valence-electron chi connectivity index (χ2n) is 4.43. The normalized spacial score (nSPS) is 12.0. The number of amides is 2. The van der Waals surface area contributed by atoms with Crippen LogP contribution < -0.4 is 11.5 Å². The van der Waals surface area contributed by atoms with Gasteiger partial charge in [0.25, 0.3) is 5.91 Å². The number of carbonyl (C=O) groups is 3. The molecule has 0 spiro atoms. The Kier molecular flexibility index (Phi) is 6.40. The molecule has 1 unspecified atom stereocenters. The fourth-order valence-corrected chi connectivity index (χ4v) is 1.99. The molecular formula is C14H16ClN3O4. The lowest BCUT2D eigenvalue weighted by atomic mass is 10.1. The monoisotopic (exact) mass is 325 g/mol. The number of rotatable bonds is 7. The summed E-state index contributed by atoms with van der Waals surface area (Å²) in [6, 6.07) is 4.96. The van der Waals surface area contributed by atoms with Crippen LogP contribution in [0, 0.1) is 0 Å². The Labute approximate surface area is 132 Å². The summed E-state index contributed by atoms with van der Waals surface area (Å²) in [5, 5.41) is 9.29. The number of para-hydroxylation sites is 1. The number of carboxylic acid groups (broad SMARTS) is 1. The van der Waals surface area contributed by atoms with Gasteiger partial charge in [-0.2, -0.15) is 0 Å². The van der Waals surface area contributed by atoms with Crippen LogP contribution in [0.25, 0.3) is 0 Å². The van der Waals surface area contributed by atoms with E-state index < -0.39 is 23.8 Å². The van der Waals surface area contributed by atoms with Gasteiger partial charge in [-0.05, 0) is 18.6 Å². The quantitative estimate of drug-likeness (QED) is 0.648. The van der Waals surface area contributed by atoms with E-state index in [1.54, 1.807) is 12.1 Å². The number of nitrogens with two attached hydrogens (primary N) is 2. The molecule has 0 fully saturated rings. The molecule has 0 radical (unpaired) electrons. The summed E-state index contributed by atoms with van der Waals surface area (Å²) < 4.78 is 0. The van der Waals surface area contributed by atoms with E-state index in [0.717, 1.165) is 16.6 Å². The van der Waals surface area contributed by atoms with Crippen LogP contribution in [0.4, 0.5) is 5.69 Å². The summed E-state index contributed by atoms with van der Waals surface area (Å²) in [7, 11) is 0. The van der Waals surface area contributed by atoms with Gasteiger partial charge in [0.05, 0.1) is 5.56 Å². The Morgan fingerprint density at radius 3 is 2.45 bits per heavy atom. The average Bonchev–Trinajstić information content (AvgIpc) is 2.45. The van der Waals surface area contributed by atoms with E-state index in [9.17, 15) is 19.5 Å². The minimum atomic E-state index is -1.28. The average molecular weight is 326 g/mol. The fourth-order valence-electron chi connectivity index (χ4n) is 1.87. The second-order valence-corrected chi connectivity index (χ2v) is 4.69. The molecular weight excluding hydrogens is 310 g/mol. The zero-order valence-electron chi connectivity index (χ0n) is 11.6. The van der Waals surface area contributed by atoms with Crippen molar-refractivity contribution in [2.75, 3.05) is 5.73 Å². The van der Waals surface area contributed by atoms with Crippen LogP contribution in [-0.4, -0.2) is 33.8 Å². The van der Waals surface area contributed by atoms with Crippen molar-refractivity contribution in [3.05, 3.63) is 41.6 Å². The van der Waals surface area contributed by atoms with Crippen molar-refractivity contribution < 1.29 is 19.5 Å². The van der Waals surface area contributed by atoms with Gasteiger partial charge in [-0.1, -0.05) is 23.7 Å². The van der Waals surface area contributed by atoms with Crippen LogP contribution in [-0.2, 0) is 9.59 Å². The van der Waals surface area contributed by atoms with Gasteiger partial charge in [0, 0.05) is 23.8 Å². The van der Waals surface area contributed by atoms with Crippen molar-refractivity contribution in [1.29, 1.82) is 0 Å². The number of nitrogen functional groups attached to an aromatic ring is 1. The summed E-state index contributed by atoms with van der Waals surface area (Å²) in [5.74, 6) is -2.57. The van der Waals surface area contributed by atoms with Gasteiger partial charge in [0.2, 0.25) is 5.91 Å². The minimum absolute atomic E-state index is 0.135. The number of primary amides is 1. The van der Waals surface area contributed by atoms with E-state index in [1.165, 1.54) is 12.1 Å². The number of hydrogen-bond acceptors (Lipinski definition) is 4. The van der Waals surface area contributed by atoms with Crippen molar-refractivity contribution in [2.45, 2.75) is 18.9 Å². The zero-order valence-corrected chi connectivity index (χ0v) is 12.4. The summed E-state index contributed by atoms with van der Waals surface area (Å²) >= 11 is 5.49. The number of carbonyl (C=O) groups excluding carboxylic acids is 2. The first-order chi connectivity index (χ1) is 10.4. The zero-order chi connectivity index (χ0) is 16.7. The van der Waals surface area contributed by atoms with E-state index in [0.29, 0.717) is 0 Å². The SMILES string of the molecule is NC(=O)CCC(C(=O)O)N(C=CCl)C(=O)c1ccccc1N. The molecule has 0 saturated heterocycles. The van der Waals surface area contributed by atoms with Crippen LogP contribution in [0.2, 0.25) is 0 Å². The number of hydrogen-bond donors (Lipinski definition) is 3. The molecule has 7 nitrogen and oxygen atoms in total. The summed E-state index contributed by atoms with van der Waals surface area (Å²) in [4.78, 5) is 35.7. The number of carboxylic acids is 1. The Morgan fingerprint density at radius 1 is 1.32 bits per heavy atom. The molecule has 2 amide bonds. The minimum Gasteiger partial charge on any atom is -0.480 e. The molecule has 8 heteroatoms. The van der Waals surface area contributed by atoms with Gasteiger partial charge in [-0.25, -0.2) is 4.79 Å². The number of halogens is 1. The fraction of sp³-hybridized carbons (Fsp3) is 0.214. The number of nitrogens with zero attached hydrogens (tertiary/aromatic N) is 1. The van der Waals surface area contributed by atoms with Crippen LogP contribution in [0.3, 0.4) is 0 Å². The van der Waals surface area contributed by atoms with Crippen LogP contribution in [0.5, 0.6) is 0 Å². The Hall–Kier alpha value is -2.54. The van der Waals surface area contributed by atoms with E-state index in [2.05, 4.69) is 0 Å². The predicted molar refractivity (Wildman–Crippen MR) is 81.9 cm³/mol. The van der Waals surface area contributed by atoms with Gasteiger partial charge in [0.1, 0.15) is 6.04 Å². The predicted octanol–water partition coefficient (Wildman–Crippen LogP) is 1.14. The summed E-state index contributed by atoms with van der Waals surface area (Å²) in [6.07, 6.45) is 0.807. The van der Waals surface area contributed by atoms with Gasteiger partial charge in [-0.3, -0.25) is 14.5 Å². The molecule has 1 rings (SSSR count). The summed E-state index contributed by atoms with van der Waals surface area (Å²) in [5.41, 5.74) is 12.1. The summed E-state index contributed by atoms with van der Waals surface area (Å²) in [6.45, 7) is 0. The molecule has 0 aliphatic rings. The number of benzene rings is 1. The molecule has 1 atom stereocenters. The van der Waals surface area contributed by atoms with Crippen molar-refractivity contribution >= 4 is 35.1 Å². The molecule has 1 aromatic rings.